The van der Waals surface area contributed by atoms with Gasteiger partial charge in [0.15, 0.2) is 11.5 Å². The van der Waals surface area contributed by atoms with Crippen molar-refractivity contribution >= 4 is 23.4 Å². The van der Waals surface area contributed by atoms with Gasteiger partial charge in [-0.1, -0.05) is 45.0 Å². The quantitative estimate of drug-likeness (QED) is 0.775. The molecular formula is C21H25NO3S. The molecule has 1 aliphatic rings. The molecule has 0 unspecified atom stereocenters. The monoisotopic (exact) mass is 371 g/mol. The van der Waals surface area contributed by atoms with Gasteiger partial charge in [-0.2, -0.15) is 0 Å². The van der Waals surface area contributed by atoms with Crippen LogP contribution in [0.2, 0.25) is 0 Å². The van der Waals surface area contributed by atoms with Gasteiger partial charge in [-0.05, 0) is 28.7 Å². The number of hydrogen-bond acceptors (Lipinski definition) is 4. The molecule has 4 nitrogen and oxygen atoms in total. The number of nitrogens with zero attached hydrogens (tertiary/aromatic N) is 1. The van der Waals surface area contributed by atoms with Gasteiger partial charge in [0.25, 0.3) is 0 Å². The molecule has 0 saturated carbocycles. The van der Waals surface area contributed by atoms with Gasteiger partial charge in [0.1, 0.15) is 5.37 Å². The van der Waals surface area contributed by atoms with Crippen molar-refractivity contribution in [1.29, 1.82) is 0 Å². The molecule has 0 bridgehead atoms. The summed E-state index contributed by atoms with van der Waals surface area (Å²) in [5.74, 6) is 1.85. The number of anilines is 1. The summed E-state index contributed by atoms with van der Waals surface area (Å²) in [5, 5.41) is -0.0328. The Balaban J connectivity index is 1.94. The maximum Gasteiger partial charge on any atom is 0.238 e. The lowest BCUT2D eigenvalue weighted by Gasteiger charge is -2.26. The second-order valence-corrected chi connectivity index (χ2v) is 8.41. The number of amides is 1. The van der Waals surface area contributed by atoms with Crippen LogP contribution in [0, 0.1) is 0 Å². The van der Waals surface area contributed by atoms with E-state index >= 15 is 0 Å². The number of ether oxygens (including phenoxy) is 2. The van der Waals surface area contributed by atoms with Gasteiger partial charge < -0.3 is 9.47 Å². The Labute approximate surface area is 159 Å². The third-order valence-electron chi connectivity index (χ3n) is 4.58. The van der Waals surface area contributed by atoms with Crippen molar-refractivity contribution in [2.75, 3.05) is 24.9 Å². The van der Waals surface area contributed by atoms with E-state index in [1.54, 1.807) is 26.0 Å². The van der Waals surface area contributed by atoms with Crippen LogP contribution in [0.1, 0.15) is 37.3 Å². The predicted molar refractivity (Wildman–Crippen MR) is 107 cm³/mol. The van der Waals surface area contributed by atoms with Crippen LogP contribution in [0.5, 0.6) is 11.5 Å². The van der Waals surface area contributed by atoms with Gasteiger partial charge in [0.05, 0.1) is 20.0 Å². The van der Waals surface area contributed by atoms with Crippen LogP contribution in [-0.4, -0.2) is 25.9 Å². The fourth-order valence-corrected chi connectivity index (χ4v) is 4.25. The van der Waals surface area contributed by atoms with E-state index in [-0.39, 0.29) is 16.7 Å². The van der Waals surface area contributed by atoms with Crippen molar-refractivity contribution in [3.05, 3.63) is 53.6 Å². The summed E-state index contributed by atoms with van der Waals surface area (Å²) in [5.41, 5.74) is 3.35. The predicted octanol–water partition coefficient (Wildman–Crippen LogP) is 4.78. The summed E-state index contributed by atoms with van der Waals surface area (Å²) in [4.78, 5) is 14.4. The van der Waals surface area contributed by atoms with Crippen LogP contribution in [0.3, 0.4) is 0 Å². The zero-order valence-corrected chi connectivity index (χ0v) is 16.7. The molecule has 138 valence electrons. The summed E-state index contributed by atoms with van der Waals surface area (Å²) in [6, 6.07) is 14.2. The molecule has 0 N–H and O–H groups in total. The van der Waals surface area contributed by atoms with E-state index in [1.165, 1.54) is 5.56 Å². The smallest absolute Gasteiger partial charge is 0.238 e. The topological polar surface area (TPSA) is 38.8 Å². The van der Waals surface area contributed by atoms with Crippen LogP contribution in [0.15, 0.2) is 42.5 Å². The van der Waals surface area contributed by atoms with E-state index in [0.29, 0.717) is 17.3 Å². The summed E-state index contributed by atoms with van der Waals surface area (Å²) in [7, 11) is 3.21. The Morgan fingerprint density at radius 1 is 1.00 bits per heavy atom. The molecule has 2 aromatic rings. The van der Waals surface area contributed by atoms with Gasteiger partial charge in [0, 0.05) is 11.8 Å². The Bertz CT molecular complexity index is 796. The summed E-state index contributed by atoms with van der Waals surface area (Å²) < 4.78 is 10.7. The molecule has 1 aliphatic heterocycles. The Morgan fingerprint density at radius 2 is 1.65 bits per heavy atom. The highest BCUT2D eigenvalue weighted by molar-refractivity contribution is 8.00. The minimum atomic E-state index is -0.0328. The number of carbonyl (C=O) groups excluding carboxylic acids is 1. The van der Waals surface area contributed by atoms with Crippen molar-refractivity contribution in [3.63, 3.8) is 0 Å². The molecule has 0 spiro atoms. The number of rotatable bonds is 4. The number of carbonyl (C=O) groups is 1. The lowest BCUT2D eigenvalue weighted by atomic mass is 9.86. The van der Waals surface area contributed by atoms with Crippen LogP contribution in [0.25, 0.3) is 0 Å². The lowest BCUT2D eigenvalue weighted by Crippen LogP contribution is -2.27. The number of benzene rings is 2. The number of hydrogen-bond donors (Lipinski definition) is 0. The van der Waals surface area contributed by atoms with Crippen molar-refractivity contribution in [1.82, 2.24) is 0 Å². The molecule has 0 aromatic heterocycles. The van der Waals surface area contributed by atoms with Gasteiger partial charge in [-0.3, -0.25) is 9.69 Å². The number of thioether (sulfide) groups is 1. The summed E-state index contributed by atoms with van der Waals surface area (Å²) in [6.45, 7) is 6.60. The molecule has 2 aromatic carbocycles. The SMILES string of the molecule is COc1ccc(N2C(=O)CS[C@@H]2c2ccc(C(C)(C)C)cc2)cc1OC. The Morgan fingerprint density at radius 3 is 2.23 bits per heavy atom. The van der Waals surface area contributed by atoms with E-state index < -0.39 is 0 Å². The van der Waals surface area contributed by atoms with Crippen LogP contribution in [0.4, 0.5) is 5.69 Å². The zero-order chi connectivity index (χ0) is 18.9. The molecule has 1 saturated heterocycles. The van der Waals surface area contributed by atoms with E-state index in [4.69, 9.17) is 9.47 Å². The minimum absolute atomic E-state index is 0.0328. The van der Waals surface area contributed by atoms with Crippen LogP contribution in [-0.2, 0) is 10.2 Å². The molecule has 1 amide bonds. The molecule has 1 fully saturated rings. The first-order chi connectivity index (χ1) is 12.3. The van der Waals surface area contributed by atoms with E-state index in [1.807, 2.05) is 23.1 Å². The van der Waals surface area contributed by atoms with E-state index in [9.17, 15) is 4.79 Å². The molecule has 5 heteroatoms. The highest BCUT2D eigenvalue weighted by Gasteiger charge is 2.34. The zero-order valence-electron chi connectivity index (χ0n) is 15.9. The van der Waals surface area contributed by atoms with Crippen LogP contribution < -0.4 is 14.4 Å². The Kier molecular flexibility index (Phi) is 5.19. The fourth-order valence-electron chi connectivity index (χ4n) is 3.07. The summed E-state index contributed by atoms with van der Waals surface area (Å²) >= 11 is 1.65. The molecule has 0 aliphatic carbocycles. The summed E-state index contributed by atoms with van der Waals surface area (Å²) in [6.07, 6.45) is 0. The Hall–Kier alpha value is -2.14. The second kappa shape index (κ2) is 7.23. The molecule has 1 atom stereocenters. The fraction of sp³-hybridized carbons (Fsp3) is 0.381. The van der Waals surface area contributed by atoms with Gasteiger partial charge in [0.2, 0.25) is 5.91 Å². The maximum absolute atomic E-state index is 12.6. The van der Waals surface area contributed by atoms with Gasteiger partial charge in [-0.25, -0.2) is 0 Å². The third-order valence-corrected chi connectivity index (χ3v) is 5.79. The highest BCUT2D eigenvalue weighted by Crippen LogP contribution is 2.44. The lowest BCUT2D eigenvalue weighted by molar-refractivity contribution is -0.115. The third kappa shape index (κ3) is 3.54. The standard InChI is InChI=1S/C21H25NO3S/c1-21(2,3)15-8-6-14(7-9-15)20-22(19(23)13-26-20)16-10-11-17(24-4)18(12-16)25-5/h6-12,20H,13H2,1-5H3/t20-/m1/s1. The highest BCUT2D eigenvalue weighted by atomic mass is 32.2. The minimum Gasteiger partial charge on any atom is -0.493 e. The van der Waals surface area contributed by atoms with Gasteiger partial charge in [-0.15, -0.1) is 11.8 Å². The average molecular weight is 372 g/mol. The van der Waals surface area contributed by atoms with Crippen molar-refractivity contribution < 1.29 is 14.3 Å². The molecule has 1 heterocycles. The molecule has 26 heavy (non-hydrogen) atoms. The number of methoxy groups -OCH3 is 2. The first-order valence-electron chi connectivity index (χ1n) is 8.61. The largest absolute Gasteiger partial charge is 0.493 e. The van der Waals surface area contributed by atoms with Crippen LogP contribution >= 0.6 is 11.8 Å². The second-order valence-electron chi connectivity index (χ2n) is 7.34. The van der Waals surface area contributed by atoms with E-state index in [0.717, 1.165) is 11.3 Å². The average Bonchev–Trinajstić information content (AvgIpc) is 3.02. The molecule has 3 rings (SSSR count). The van der Waals surface area contributed by atoms with Gasteiger partial charge >= 0.3 is 0 Å². The first-order valence-corrected chi connectivity index (χ1v) is 9.66. The molecular weight excluding hydrogens is 346 g/mol. The molecule has 0 radical (unpaired) electrons. The van der Waals surface area contributed by atoms with Crippen molar-refractivity contribution in [2.45, 2.75) is 31.6 Å². The maximum atomic E-state index is 12.6. The van der Waals surface area contributed by atoms with Crippen molar-refractivity contribution in [2.24, 2.45) is 0 Å². The normalized spacial score (nSPS) is 17.5. The first kappa shape index (κ1) is 18.6. The van der Waals surface area contributed by atoms with E-state index in [2.05, 4.69) is 45.0 Å². The van der Waals surface area contributed by atoms with Crippen molar-refractivity contribution in [3.8, 4) is 11.5 Å².